The Labute approximate surface area is 88.5 Å². The predicted molar refractivity (Wildman–Crippen MR) is 60.5 cm³/mol. The molecule has 72 valence electrons. The average molecular weight is 242 g/mol. The van der Waals surface area contributed by atoms with Crippen LogP contribution in [0.4, 0.5) is 0 Å². The van der Waals surface area contributed by atoms with Crippen molar-refractivity contribution < 1.29 is 0 Å². The summed E-state index contributed by atoms with van der Waals surface area (Å²) in [5.41, 5.74) is 7.26. The van der Waals surface area contributed by atoms with E-state index in [1.54, 1.807) is 0 Å². The maximum absolute atomic E-state index is 6.04. The fourth-order valence-corrected chi connectivity index (χ4v) is 1.80. The standard InChI is InChI=1S/C11H16BrN/c1-8(2)6-11(13)9-4-3-5-10(12)7-9/h3-5,7-8,11H,6,13H2,1-2H3/t11-/m0/s1. The number of rotatable bonds is 3. The summed E-state index contributed by atoms with van der Waals surface area (Å²) in [7, 11) is 0. The van der Waals surface area contributed by atoms with Gasteiger partial charge in [-0.3, -0.25) is 0 Å². The van der Waals surface area contributed by atoms with Crippen LogP contribution in [0, 0.1) is 5.92 Å². The normalized spacial score (nSPS) is 13.3. The molecule has 1 aromatic rings. The van der Waals surface area contributed by atoms with Crippen molar-refractivity contribution in [3.8, 4) is 0 Å². The molecule has 1 aromatic carbocycles. The lowest BCUT2D eigenvalue weighted by atomic mass is 9.98. The third-order valence-electron chi connectivity index (χ3n) is 2.00. The van der Waals surface area contributed by atoms with Gasteiger partial charge in [-0.1, -0.05) is 41.9 Å². The van der Waals surface area contributed by atoms with Gasteiger partial charge >= 0.3 is 0 Å². The predicted octanol–water partition coefficient (Wildman–Crippen LogP) is 3.50. The fraction of sp³-hybridized carbons (Fsp3) is 0.455. The largest absolute Gasteiger partial charge is 0.324 e. The van der Waals surface area contributed by atoms with Crippen LogP contribution in [0.2, 0.25) is 0 Å². The van der Waals surface area contributed by atoms with E-state index in [0.717, 1.165) is 10.9 Å². The van der Waals surface area contributed by atoms with Crippen LogP contribution in [0.1, 0.15) is 31.9 Å². The van der Waals surface area contributed by atoms with E-state index < -0.39 is 0 Å². The van der Waals surface area contributed by atoms with Gasteiger partial charge in [-0.05, 0) is 30.0 Å². The zero-order chi connectivity index (χ0) is 9.84. The van der Waals surface area contributed by atoms with Crippen molar-refractivity contribution in [2.24, 2.45) is 11.7 Å². The van der Waals surface area contributed by atoms with E-state index in [2.05, 4.69) is 41.9 Å². The lowest BCUT2D eigenvalue weighted by Crippen LogP contribution is -2.12. The van der Waals surface area contributed by atoms with Crippen LogP contribution < -0.4 is 5.73 Å². The Hall–Kier alpha value is -0.340. The summed E-state index contributed by atoms with van der Waals surface area (Å²) >= 11 is 3.44. The Morgan fingerprint density at radius 2 is 2.08 bits per heavy atom. The molecule has 0 spiro atoms. The third kappa shape index (κ3) is 3.49. The van der Waals surface area contributed by atoms with Crippen LogP contribution in [0.25, 0.3) is 0 Å². The minimum Gasteiger partial charge on any atom is -0.324 e. The van der Waals surface area contributed by atoms with Crippen LogP contribution in [-0.4, -0.2) is 0 Å². The first kappa shape index (κ1) is 10.7. The number of halogens is 1. The molecule has 0 saturated carbocycles. The maximum Gasteiger partial charge on any atom is 0.0297 e. The third-order valence-corrected chi connectivity index (χ3v) is 2.50. The van der Waals surface area contributed by atoms with E-state index in [-0.39, 0.29) is 6.04 Å². The SMILES string of the molecule is CC(C)C[C@H](N)c1cccc(Br)c1. The van der Waals surface area contributed by atoms with Gasteiger partial charge in [0, 0.05) is 10.5 Å². The first-order chi connectivity index (χ1) is 6.09. The molecule has 0 radical (unpaired) electrons. The molecular weight excluding hydrogens is 226 g/mol. The van der Waals surface area contributed by atoms with E-state index in [1.165, 1.54) is 5.56 Å². The second-order valence-corrected chi connectivity index (χ2v) is 4.71. The van der Waals surface area contributed by atoms with Crippen LogP contribution in [-0.2, 0) is 0 Å². The molecular formula is C11H16BrN. The van der Waals surface area contributed by atoms with Gasteiger partial charge in [0.25, 0.3) is 0 Å². The summed E-state index contributed by atoms with van der Waals surface area (Å²) in [4.78, 5) is 0. The number of nitrogens with two attached hydrogens (primary N) is 1. The lowest BCUT2D eigenvalue weighted by molar-refractivity contribution is 0.510. The van der Waals surface area contributed by atoms with Crippen molar-refractivity contribution in [3.63, 3.8) is 0 Å². The number of benzene rings is 1. The molecule has 1 rings (SSSR count). The summed E-state index contributed by atoms with van der Waals surface area (Å²) < 4.78 is 1.10. The minimum atomic E-state index is 0.164. The Balaban J connectivity index is 2.71. The Kier molecular flexibility index (Phi) is 3.94. The van der Waals surface area contributed by atoms with E-state index in [4.69, 9.17) is 5.73 Å². The van der Waals surface area contributed by atoms with Gasteiger partial charge < -0.3 is 5.73 Å². The molecule has 0 aliphatic carbocycles. The van der Waals surface area contributed by atoms with Gasteiger partial charge in [0.1, 0.15) is 0 Å². The molecule has 0 unspecified atom stereocenters. The van der Waals surface area contributed by atoms with Crippen LogP contribution in [0.5, 0.6) is 0 Å². The highest BCUT2D eigenvalue weighted by Gasteiger charge is 2.07. The van der Waals surface area contributed by atoms with E-state index >= 15 is 0 Å². The Morgan fingerprint density at radius 3 is 2.62 bits per heavy atom. The maximum atomic E-state index is 6.04. The van der Waals surface area contributed by atoms with Gasteiger partial charge in [-0.25, -0.2) is 0 Å². The van der Waals surface area contributed by atoms with Gasteiger partial charge in [0.15, 0.2) is 0 Å². The molecule has 2 heteroatoms. The van der Waals surface area contributed by atoms with Crippen LogP contribution >= 0.6 is 15.9 Å². The molecule has 0 fully saturated rings. The second kappa shape index (κ2) is 4.77. The van der Waals surface area contributed by atoms with Crippen molar-refractivity contribution in [1.82, 2.24) is 0 Å². The molecule has 1 nitrogen and oxygen atoms in total. The van der Waals surface area contributed by atoms with Crippen molar-refractivity contribution in [2.45, 2.75) is 26.3 Å². The van der Waals surface area contributed by atoms with Crippen LogP contribution in [0.15, 0.2) is 28.7 Å². The highest BCUT2D eigenvalue weighted by Crippen LogP contribution is 2.21. The molecule has 2 N–H and O–H groups in total. The summed E-state index contributed by atoms with van der Waals surface area (Å²) in [6, 6.07) is 8.38. The Morgan fingerprint density at radius 1 is 1.38 bits per heavy atom. The molecule has 0 aliphatic rings. The van der Waals surface area contributed by atoms with Crippen molar-refractivity contribution in [1.29, 1.82) is 0 Å². The summed E-state index contributed by atoms with van der Waals surface area (Å²) in [5.74, 6) is 0.647. The van der Waals surface area contributed by atoms with Gasteiger partial charge in [-0.2, -0.15) is 0 Å². The first-order valence-electron chi connectivity index (χ1n) is 4.60. The van der Waals surface area contributed by atoms with Gasteiger partial charge in [0.2, 0.25) is 0 Å². The molecule has 0 aromatic heterocycles. The van der Waals surface area contributed by atoms with Crippen molar-refractivity contribution >= 4 is 15.9 Å². The first-order valence-corrected chi connectivity index (χ1v) is 5.40. The quantitative estimate of drug-likeness (QED) is 0.862. The zero-order valence-corrected chi connectivity index (χ0v) is 9.71. The summed E-state index contributed by atoms with van der Waals surface area (Å²) in [6.45, 7) is 4.38. The number of hydrogen-bond donors (Lipinski definition) is 1. The molecule has 13 heavy (non-hydrogen) atoms. The molecule has 0 bridgehead atoms. The fourth-order valence-electron chi connectivity index (χ4n) is 1.38. The average Bonchev–Trinajstić information content (AvgIpc) is 2.03. The van der Waals surface area contributed by atoms with Crippen molar-refractivity contribution in [3.05, 3.63) is 34.3 Å². The van der Waals surface area contributed by atoms with Gasteiger partial charge in [-0.15, -0.1) is 0 Å². The zero-order valence-electron chi connectivity index (χ0n) is 8.13. The lowest BCUT2D eigenvalue weighted by Gasteiger charge is -2.14. The van der Waals surface area contributed by atoms with Gasteiger partial charge in [0.05, 0.1) is 0 Å². The molecule has 0 saturated heterocycles. The minimum absolute atomic E-state index is 0.164. The molecule has 0 amide bonds. The van der Waals surface area contributed by atoms with Crippen LogP contribution in [0.3, 0.4) is 0 Å². The monoisotopic (exact) mass is 241 g/mol. The highest BCUT2D eigenvalue weighted by atomic mass is 79.9. The Bertz CT molecular complexity index is 271. The second-order valence-electron chi connectivity index (χ2n) is 3.79. The highest BCUT2D eigenvalue weighted by molar-refractivity contribution is 9.10. The van der Waals surface area contributed by atoms with E-state index in [9.17, 15) is 0 Å². The topological polar surface area (TPSA) is 26.0 Å². The molecule has 0 aliphatic heterocycles. The molecule has 0 heterocycles. The van der Waals surface area contributed by atoms with E-state index in [0.29, 0.717) is 5.92 Å². The smallest absolute Gasteiger partial charge is 0.0297 e. The van der Waals surface area contributed by atoms with E-state index in [1.807, 2.05) is 12.1 Å². The number of hydrogen-bond acceptors (Lipinski definition) is 1. The molecule has 1 atom stereocenters. The van der Waals surface area contributed by atoms with Crippen molar-refractivity contribution in [2.75, 3.05) is 0 Å². The summed E-state index contributed by atoms with van der Waals surface area (Å²) in [6.07, 6.45) is 1.04. The summed E-state index contributed by atoms with van der Waals surface area (Å²) in [5, 5.41) is 0.